The highest BCUT2D eigenvalue weighted by Gasteiger charge is 2.41. The summed E-state index contributed by atoms with van der Waals surface area (Å²) in [6, 6.07) is 0. The van der Waals surface area contributed by atoms with Crippen molar-refractivity contribution in [3.8, 4) is 0 Å². The van der Waals surface area contributed by atoms with Crippen LogP contribution in [-0.2, 0) is 14.3 Å². The summed E-state index contributed by atoms with van der Waals surface area (Å²) in [6.45, 7) is 2.15. The van der Waals surface area contributed by atoms with Crippen LogP contribution in [0.4, 0.5) is 0 Å². The van der Waals surface area contributed by atoms with Gasteiger partial charge in [-0.1, -0.05) is 32.6 Å². The number of aliphatic hydroxyl groups excluding tert-OH is 2. The molecule has 5 nitrogen and oxygen atoms in total. The molecule has 0 fully saturated rings. The van der Waals surface area contributed by atoms with Crippen molar-refractivity contribution in [3.63, 3.8) is 0 Å². The minimum absolute atomic E-state index is 0.0111. The van der Waals surface area contributed by atoms with E-state index in [-0.39, 0.29) is 11.9 Å². The van der Waals surface area contributed by atoms with Gasteiger partial charge >= 0.3 is 0 Å². The molecule has 0 amide bonds. The van der Waals surface area contributed by atoms with Crippen molar-refractivity contribution in [2.45, 2.75) is 82.7 Å². The van der Waals surface area contributed by atoms with Crippen LogP contribution in [0.2, 0.25) is 0 Å². The zero-order chi connectivity index (χ0) is 16.1. The van der Waals surface area contributed by atoms with Crippen LogP contribution in [0.15, 0.2) is 11.3 Å². The maximum absolute atomic E-state index is 12.1. The van der Waals surface area contributed by atoms with Crippen LogP contribution in [0.5, 0.6) is 0 Å². The summed E-state index contributed by atoms with van der Waals surface area (Å²) in [6.07, 6.45) is 4.08. The van der Waals surface area contributed by atoms with Gasteiger partial charge in [-0.05, 0) is 12.8 Å². The lowest BCUT2D eigenvalue weighted by molar-refractivity contribution is -0.124. The van der Waals surface area contributed by atoms with Crippen LogP contribution in [0.3, 0.4) is 0 Å². The largest absolute Gasteiger partial charge is 0.489 e. The molecule has 0 saturated heterocycles. The molecule has 1 aliphatic heterocycles. The predicted octanol–water partition coefficient (Wildman–Crippen LogP) is 2.10. The van der Waals surface area contributed by atoms with Gasteiger partial charge < -0.3 is 19.7 Å². The molecule has 2 N–H and O–H groups in total. The first-order chi connectivity index (χ1) is 10.6. The molecule has 1 heterocycles. The lowest BCUT2D eigenvalue weighted by Gasteiger charge is -2.38. The van der Waals surface area contributed by atoms with Crippen molar-refractivity contribution in [1.29, 1.82) is 0 Å². The number of carbonyl (C=O) groups excluding carboxylic acids is 1. The number of hydrogen-bond acceptors (Lipinski definition) is 5. The lowest BCUT2D eigenvalue weighted by atomic mass is 9.85. The zero-order valence-corrected chi connectivity index (χ0v) is 13.6. The number of rotatable bonds is 7. The van der Waals surface area contributed by atoms with Gasteiger partial charge in [-0.25, -0.2) is 0 Å². The first-order valence-electron chi connectivity index (χ1n) is 8.41. The molecule has 0 aromatic rings. The van der Waals surface area contributed by atoms with E-state index in [1.807, 2.05) is 0 Å². The fourth-order valence-electron chi connectivity index (χ4n) is 3.29. The number of aliphatic hydroxyl groups is 2. The van der Waals surface area contributed by atoms with Crippen molar-refractivity contribution in [2.24, 2.45) is 0 Å². The van der Waals surface area contributed by atoms with Gasteiger partial charge in [0.25, 0.3) is 0 Å². The topological polar surface area (TPSA) is 76.0 Å². The van der Waals surface area contributed by atoms with E-state index in [1.54, 1.807) is 7.11 Å². The van der Waals surface area contributed by atoms with Crippen molar-refractivity contribution < 1.29 is 24.5 Å². The molecule has 5 heteroatoms. The van der Waals surface area contributed by atoms with E-state index in [9.17, 15) is 15.0 Å². The Kier molecular flexibility index (Phi) is 6.41. The number of unbranched alkanes of at least 4 members (excludes halogenated alkanes) is 3. The molecule has 4 atom stereocenters. The van der Waals surface area contributed by atoms with E-state index in [4.69, 9.17) is 9.47 Å². The molecule has 22 heavy (non-hydrogen) atoms. The Bertz CT molecular complexity index is 417. The van der Waals surface area contributed by atoms with Crippen LogP contribution < -0.4 is 0 Å². The van der Waals surface area contributed by atoms with E-state index in [0.29, 0.717) is 37.0 Å². The molecule has 2 aliphatic rings. The summed E-state index contributed by atoms with van der Waals surface area (Å²) < 4.78 is 11.2. The predicted molar refractivity (Wildman–Crippen MR) is 82.3 cm³/mol. The van der Waals surface area contributed by atoms with Crippen LogP contribution in [-0.4, -0.2) is 47.5 Å². The second-order valence-corrected chi connectivity index (χ2v) is 6.29. The molecule has 0 aromatic heterocycles. The van der Waals surface area contributed by atoms with Crippen LogP contribution in [0, 0.1) is 0 Å². The van der Waals surface area contributed by atoms with Crippen LogP contribution >= 0.6 is 0 Å². The third-order valence-electron chi connectivity index (χ3n) is 4.63. The Morgan fingerprint density at radius 1 is 1.36 bits per heavy atom. The first-order valence-corrected chi connectivity index (χ1v) is 8.41. The first kappa shape index (κ1) is 17.4. The highest BCUT2D eigenvalue weighted by molar-refractivity contribution is 5.98. The van der Waals surface area contributed by atoms with Crippen molar-refractivity contribution in [1.82, 2.24) is 0 Å². The molecule has 2 rings (SSSR count). The standard InChI is InChI=1S/C17H28O5/c1-3-4-5-6-7-11(18)14-10-15(21-2)16-12(19)8-9-13(20)17(16)22-14/h11,13-15,18,20H,3-10H2,1-2H3/t11-,13+,14-,15+/m0/s1. The number of hydrogen-bond donors (Lipinski definition) is 2. The number of ether oxygens (including phenoxy) is 2. The summed E-state index contributed by atoms with van der Waals surface area (Å²) >= 11 is 0. The normalized spacial score (nSPS) is 30.0. The van der Waals surface area contributed by atoms with Gasteiger partial charge in [-0.2, -0.15) is 0 Å². The summed E-state index contributed by atoms with van der Waals surface area (Å²) in [5.74, 6) is 0.315. The Hall–Kier alpha value is -0.910. The average molecular weight is 312 g/mol. The molecule has 0 unspecified atom stereocenters. The molecule has 1 aliphatic carbocycles. The lowest BCUT2D eigenvalue weighted by Crippen LogP contribution is -2.44. The summed E-state index contributed by atoms with van der Waals surface area (Å²) in [7, 11) is 1.56. The molecule has 126 valence electrons. The van der Waals surface area contributed by atoms with E-state index < -0.39 is 18.3 Å². The minimum atomic E-state index is -0.763. The van der Waals surface area contributed by atoms with E-state index in [1.165, 1.54) is 6.42 Å². The van der Waals surface area contributed by atoms with Gasteiger partial charge in [0.15, 0.2) is 5.78 Å². The Labute approximate surface area is 132 Å². The fourth-order valence-corrected chi connectivity index (χ4v) is 3.29. The molecule has 0 radical (unpaired) electrons. The second-order valence-electron chi connectivity index (χ2n) is 6.29. The highest BCUT2D eigenvalue weighted by atomic mass is 16.5. The number of ketones is 1. The Balaban J connectivity index is 2.03. The van der Waals surface area contributed by atoms with E-state index in [2.05, 4.69) is 6.92 Å². The second kappa shape index (κ2) is 8.09. The van der Waals surface area contributed by atoms with Crippen molar-refractivity contribution >= 4 is 5.78 Å². The maximum Gasteiger partial charge on any atom is 0.165 e. The van der Waals surface area contributed by atoms with E-state index >= 15 is 0 Å². The molecule has 0 bridgehead atoms. The van der Waals surface area contributed by atoms with Crippen LogP contribution in [0.1, 0.15) is 58.3 Å². The maximum atomic E-state index is 12.1. The number of Topliss-reactive ketones (excluding diaryl/α,β-unsaturated/α-hetero) is 1. The monoisotopic (exact) mass is 312 g/mol. The molecule has 0 aromatic carbocycles. The molecular formula is C17H28O5. The minimum Gasteiger partial charge on any atom is -0.489 e. The summed E-state index contributed by atoms with van der Waals surface area (Å²) in [4.78, 5) is 12.1. The van der Waals surface area contributed by atoms with Gasteiger partial charge in [0.2, 0.25) is 0 Å². The van der Waals surface area contributed by atoms with Gasteiger partial charge in [-0.15, -0.1) is 0 Å². The third kappa shape index (κ3) is 3.89. The van der Waals surface area contributed by atoms with E-state index in [0.717, 1.165) is 19.3 Å². The molecular weight excluding hydrogens is 284 g/mol. The smallest absolute Gasteiger partial charge is 0.165 e. The van der Waals surface area contributed by atoms with Gasteiger partial charge in [0.1, 0.15) is 18.0 Å². The van der Waals surface area contributed by atoms with Crippen LogP contribution in [0.25, 0.3) is 0 Å². The number of carbonyl (C=O) groups is 1. The summed E-state index contributed by atoms with van der Waals surface area (Å²) in [5, 5.41) is 20.5. The molecule has 0 saturated carbocycles. The van der Waals surface area contributed by atoms with Gasteiger partial charge in [-0.3, -0.25) is 4.79 Å². The van der Waals surface area contributed by atoms with Crippen molar-refractivity contribution in [2.75, 3.05) is 7.11 Å². The average Bonchev–Trinajstić information content (AvgIpc) is 2.53. The Morgan fingerprint density at radius 3 is 2.82 bits per heavy atom. The SMILES string of the molecule is CCCCCC[C@H](O)[C@@H]1C[C@@H](OC)C2=C(O1)[C@H](O)CCC2=O. The van der Waals surface area contributed by atoms with Gasteiger partial charge in [0.05, 0.1) is 17.8 Å². The van der Waals surface area contributed by atoms with Gasteiger partial charge in [0, 0.05) is 20.0 Å². The quantitative estimate of drug-likeness (QED) is 0.704. The highest BCUT2D eigenvalue weighted by Crippen LogP contribution is 2.36. The van der Waals surface area contributed by atoms with Crippen molar-refractivity contribution in [3.05, 3.63) is 11.3 Å². The summed E-state index contributed by atoms with van der Waals surface area (Å²) in [5.41, 5.74) is 0.468. The Morgan fingerprint density at radius 2 is 2.14 bits per heavy atom. The third-order valence-corrected chi connectivity index (χ3v) is 4.63. The fraction of sp³-hybridized carbons (Fsp3) is 0.824. The number of methoxy groups -OCH3 is 1. The molecule has 0 spiro atoms. The zero-order valence-electron chi connectivity index (χ0n) is 13.6.